The molecule has 7 heteroatoms. The Morgan fingerprint density at radius 2 is 1.66 bits per heavy atom. The maximum atomic E-state index is 15.2. The summed E-state index contributed by atoms with van der Waals surface area (Å²) in [5.74, 6) is -0.333. The Kier molecular flexibility index (Phi) is 5.21. The molecule has 5 aromatic rings. The summed E-state index contributed by atoms with van der Waals surface area (Å²) >= 11 is 0. The highest BCUT2D eigenvalue weighted by Gasteiger charge is 2.13. The number of anilines is 1. The molecular weight excluding hydrogens is 403 g/mol. The van der Waals surface area contributed by atoms with E-state index >= 15 is 4.39 Å². The van der Waals surface area contributed by atoms with E-state index in [2.05, 4.69) is 30.2 Å². The Bertz CT molecular complexity index is 1400. The average molecular weight is 422 g/mol. The van der Waals surface area contributed by atoms with E-state index in [-0.39, 0.29) is 11.5 Å². The molecule has 0 fully saturated rings. The third-order valence-corrected chi connectivity index (χ3v) is 5.21. The van der Waals surface area contributed by atoms with Gasteiger partial charge in [-0.15, -0.1) is 0 Å². The number of nitrogens with one attached hydrogen (secondary N) is 1. The molecule has 0 bridgehead atoms. The number of halogens is 1. The van der Waals surface area contributed by atoms with Crippen LogP contribution in [0.3, 0.4) is 0 Å². The van der Waals surface area contributed by atoms with E-state index in [1.165, 1.54) is 12.7 Å². The fourth-order valence-electron chi connectivity index (χ4n) is 3.55. The van der Waals surface area contributed by atoms with Crippen LogP contribution in [0.4, 0.5) is 10.2 Å². The van der Waals surface area contributed by atoms with E-state index in [0.717, 1.165) is 33.3 Å². The van der Waals surface area contributed by atoms with E-state index in [0.29, 0.717) is 12.1 Å². The maximum absolute atomic E-state index is 15.2. The molecule has 0 aliphatic rings. The van der Waals surface area contributed by atoms with Crippen molar-refractivity contribution in [3.05, 3.63) is 96.7 Å². The van der Waals surface area contributed by atoms with Crippen LogP contribution in [-0.4, -0.2) is 24.9 Å². The van der Waals surface area contributed by atoms with Crippen molar-refractivity contribution in [2.75, 3.05) is 5.32 Å². The number of hydrogen-bond donors (Lipinski definition) is 1. The molecule has 3 aromatic heterocycles. The molecule has 0 spiro atoms. The van der Waals surface area contributed by atoms with Gasteiger partial charge >= 0.3 is 0 Å². The van der Waals surface area contributed by atoms with Gasteiger partial charge in [0.05, 0.1) is 5.52 Å². The SMILES string of the molecule is Cc1cc(-c2ccc(CNc3ncnc(-c4ccc5ncncc5c4)c3F)cc2)ccn1. The van der Waals surface area contributed by atoms with Crippen LogP contribution < -0.4 is 5.32 Å². The number of aryl methyl sites for hydroxylation is 1. The lowest BCUT2D eigenvalue weighted by atomic mass is 10.0. The van der Waals surface area contributed by atoms with E-state index in [1.54, 1.807) is 18.5 Å². The van der Waals surface area contributed by atoms with Crippen molar-refractivity contribution in [2.24, 2.45) is 0 Å². The van der Waals surface area contributed by atoms with Gasteiger partial charge in [-0.25, -0.2) is 24.3 Å². The monoisotopic (exact) mass is 422 g/mol. The van der Waals surface area contributed by atoms with Crippen LogP contribution in [0, 0.1) is 12.7 Å². The minimum atomic E-state index is -0.493. The molecule has 0 unspecified atom stereocenters. The fraction of sp³-hybridized carbons (Fsp3) is 0.0800. The van der Waals surface area contributed by atoms with Crippen LogP contribution in [0.5, 0.6) is 0 Å². The Balaban J connectivity index is 1.35. The summed E-state index contributed by atoms with van der Waals surface area (Å²) in [6, 6.07) is 17.6. The molecule has 0 saturated heterocycles. The van der Waals surface area contributed by atoms with Crippen LogP contribution in [0.1, 0.15) is 11.3 Å². The number of rotatable bonds is 5. The molecule has 0 aliphatic carbocycles. The molecule has 2 aromatic carbocycles. The van der Waals surface area contributed by atoms with Crippen LogP contribution in [0.2, 0.25) is 0 Å². The molecule has 0 atom stereocenters. The average Bonchev–Trinajstić information content (AvgIpc) is 2.83. The first-order valence-corrected chi connectivity index (χ1v) is 10.1. The number of pyridine rings is 1. The maximum Gasteiger partial charge on any atom is 0.191 e. The normalized spacial score (nSPS) is 10.9. The number of fused-ring (bicyclic) bond motifs is 1. The Hall–Kier alpha value is -4.26. The Morgan fingerprint density at radius 1 is 0.812 bits per heavy atom. The van der Waals surface area contributed by atoms with Gasteiger partial charge in [-0.3, -0.25) is 4.98 Å². The summed E-state index contributed by atoms with van der Waals surface area (Å²) in [6.45, 7) is 2.41. The predicted molar refractivity (Wildman–Crippen MR) is 122 cm³/mol. The molecule has 156 valence electrons. The molecule has 3 heterocycles. The van der Waals surface area contributed by atoms with Crippen LogP contribution in [0.15, 0.2) is 79.6 Å². The van der Waals surface area contributed by atoms with Gasteiger partial charge < -0.3 is 5.32 Å². The van der Waals surface area contributed by atoms with Gasteiger partial charge in [-0.05, 0) is 47.9 Å². The van der Waals surface area contributed by atoms with Crippen molar-refractivity contribution >= 4 is 16.7 Å². The second-order valence-corrected chi connectivity index (χ2v) is 7.42. The minimum absolute atomic E-state index is 0.160. The first-order chi connectivity index (χ1) is 15.7. The smallest absolute Gasteiger partial charge is 0.191 e. The third kappa shape index (κ3) is 4.00. The highest BCUT2D eigenvalue weighted by atomic mass is 19.1. The lowest BCUT2D eigenvalue weighted by Crippen LogP contribution is -2.05. The number of nitrogens with zero attached hydrogens (tertiary/aromatic N) is 5. The van der Waals surface area contributed by atoms with E-state index < -0.39 is 5.82 Å². The van der Waals surface area contributed by atoms with Crippen molar-refractivity contribution in [3.8, 4) is 22.4 Å². The van der Waals surface area contributed by atoms with Gasteiger partial charge in [0.1, 0.15) is 18.3 Å². The van der Waals surface area contributed by atoms with Crippen LogP contribution in [-0.2, 0) is 6.54 Å². The van der Waals surface area contributed by atoms with Crippen LogP contribution in [0.25, 0.3) is 33.3 Å². The summed E-state index contributed by atoms with van der Waals surface area (Å²) in [4.78, 5) is 20.7. The highest BCUT2D eigenvalue weighted by molar-refractivity contribution is 5.83. The van der Waals surface area contributed by atoms with E-state index in [1.807, 2.05) is 55.5 Å². The molecule has 5 rings (SSSR count). The lowest BCUT2D eigenvalue weighted by molar-refractivity contribution is 0.621. The molecule has 0 saturated carbocycles. The molecule has 0 radical (unpaired) electrons. The molecule has 32 heavy (non-hydrogen) atoms. The van der Waals surface area contributed by atoms with Gasteiger partial charge in [0.2, 0.25) is 0 Å². The van der Waals surface area contributed by atoms with Gasteiger partial charge in [-0.2, -0.15) is 0 Å². The minimum Gasteiger partial charge on any atom is -0.363 e. The first kappa shape index (κ1) is 19.7. The number of hydrogen-bond acceptors (Lipinski definition) is 6. The Labute approximate surface area is 184 Å². The van der Waals surface area contributed by atoms with Crippen molar-refractivity contribution in [1.82, 2.24) is 24.9 Å². The predicted octanol–water partition coefficient (Wildman–Crippen LogP) is 5.21. The zero-order valence-corrected chi connectivity index (χ0v) is 17.3. The van der Waals surface area contributed by atoms with E-state index in [9.17, 15) is 0 Å². The molecule has 6 nitrogen and oxygen atoms in total. The quantitative estimate of drug-likeness (QED) is 0.419. The van der Waals surface area contributed by atoms with Gasteiger partial charge in [0.25, 0.3) is 0 Å². The fourth-order valence-corrected chi connectivity index (χ4v) is 3.55. The molecule has 1 N–H and O–H groups in total. The molecular formula is C25H19FN6. The zero-order valence-electron chi connectivity index (χ0n) is 17.3. The summed E-state index contributed by atoms with van der Waals surface area (Å²) in [5.41, 5.74) is 5.88. The van der Waals surface area contributed by atoms with Gasteiger partial charge in [0, 0.05) is 35.6 Å². The third-order valence-electron chi connectivity index (χ3n) is 5.21. The van der Waals surface area contributed by atoms with Crippen molar-refractivity contribution in [3.63, 3.8) is 0 Å². The van der Waals surface area contributed by atoms with Crippen molar-refractivity contribution in [1.29, 1.82) is 0 Å². The molecule has 0 aliphatic heterocycles. The number of benzene rings is 2. The largest absolute Gasteiger partial charge is 0.363 e. The second-order valence-electron chi connectivity index (χ2n) is 7.42. The lowest BCUT2D eigenvalue weighted by Gasteiger charge is -2.10. The zero-order chi connectivity index (χ0) is 21.9. The summed E-state index contributed by atoms with van der Waals surface area (Å²) in [5, 5.41) is 3.91. The van der Waals surface area contributed by atoms with E-state index in [4.69, 9.17) is 0 Å². The topological polar surface area (TPSA) is 76.5 Å². The first-order valence-electron chi connectivity index (χ1n) is 10.1. The summed E-state index contributed by atoms with van der Waals surface area (Å²) in [6.07, 6.45) is 6.35. The van der Waals surface area contributed by atoms with Gasteiger partial charge in [0.15, 0.2) is 11.6 Å². The Morgan fingerprint density at radius 3 is 2.50 bits per heavy atom. The van der Waals surface area contributed by atoms with Gasteiger partial charge in [-0.1, -0.05) is 30.3 Å². The van der Waals surface area contributed by atoms with Crippen molar-refractivity contribution in [2.45, 2.75) is 13.5 Å². The highest BCUT2D eigenvalue weighted by Crippen LogP contribution is 2.27. The van der Waals surface area contributed by atoms with Crippen molar-refractivity contribution < 1.29 is 4.39 Å². The number of aromatic nitrogens is 5. The summed E-state index contributed by atoms with van der Waals surface area (Å²) < 4.78 is 15.2. The second kappa shape index (κ2) is 8.47. The summed E-state index contributed by atoms with van der Waals surface area (Å²) in [7, 11) is 0. The molecule has 0 amide bonds. The standard InChI is InChI=1S/C25H19FN6/c1-16-10-19(8-9-28-16)18-4-2-17(3-5-18)12-29-25-23(26)24(31-15-32-25)20-6-7-22-21(11-20)13-27-14-30-22/h2-11,13-15H,12H2,1H3,(H,29,31,32). The van der Waals surface area contributed by atoms with Crippen LogP contribution >= 0.6 is 0 Å².